The van der Waals surface area contributed by atoms with Crippen molar-refractivity contribution < 1.29 is 18.0 Å². The lowest BCUT2D eigenvalue weighted by molar-refractivity contribution is -0.116. The van der Waals surface area contributed by atoms with Crippen LogP contribution in [0, 0.1) is 0 Å². The van der Waals surface area contributed by atoms with Crippen molar-refractivity contribution in [2.45, 2.75) is 37.5 Å². The molecule has 0 radical (unpaired) electrons. The van der Waals surface area contributed by atoms with Gasteiger partial charge in [0.05, 0.1) is 11.4 Å². The Labute approximate surface area is 165 Å². The quantitative estimate of drug-likeness (QED) is 0.756. The monoisotopic (exact) mass is 400 g/mol. The van der Waals surface area contributed by atoms with Gasteiger partial charge in [-0.3, -0.25) is 9.59 Å². The molecule has 0 aromatic heterocycles. The van der Waals surface area contributed by atoms with Crippen molar-refractivity contribution in [2.75, 3.05) is 18.9 Å². The third-order valence-electron chi connectivity index (χ3n) is 5.01. The maximum Gasteiger partial charge on any atom is 0.243 e. The number of benzene rings is 2. The molecule has 0 atom stereocenters. The van der Waals surface area contributed by atoms with E-state index < -0.39 is 10.0 Å². The molecule has 0 bridgehead atoms. The third-order valence-corrected chi connectivity index (χ3v) is 6.82. The lowest BCUT2D eigenvalue weighted by Crippen LogP contribution is -2.35. The Morgan fingerprint density at radius 2 is 1.71 bits per heavy atom. The molecule has 148 valence electrons. The van der Waals surface area contributed by atoms with E-state index in [4.69, 9.17) is 0 Å². The van der Waals surface area contributed by atoms with E-state index in [1.807, 2.05) is 12.1 Å². The van der Waals surface area contributed by atoms with Crippen LogP contribution in [-0.4, -0.2) is 38.0 Å². The Bertz CT molecular complexity index is 998. The number of likely N-dealkylation sites (N-methyl/N-ethyl adjacent to an activating group) is 1. The molecule has 3 rings (SSSR count). The van der Waals surface area contributed by atoms with Gasteiger partial charge in [0, 0.05) is 18.3 Å². The van der Waals surface area contributed by atoms with Crippen molar-refractivity contribution in [3.63, 3.8) is 0 Å². The second-order valence-electron chi connectivity index (χ2n) is 7.04. The first-order valence-electron chi connectivity index (χ1n) is 9.27. The molecule has 0 saturated heterocycles. The van der Waals surface area contributed by atoms with E-state index in [2.05, 4.69) is 11.4 Å². The predicted molar refractivity (Wildman–Crippen MR) is 108 cm³/mol. The summed E-state index contributed by atoms with van der Waals surface area (Å²) in [5.41, 5.74) is 3.59. The number of hydrogen-bond acceptors (Lipinski definition) is 4. The van der Waals surface area contributed by atoms with Crippen molar-refractivity contribution in [1.29, 1.82) is 0 Å². The van der Waals surface area contributed by atoms with Crippen LogP contribution in [0.2, 0.25) is 0 Å². The zero-order valence-corrected chi connectivity index (χ0v) is 16.9. The number of carbonyl (C=O) groups is 2. The summed E-state index contributed by atoms with van der Waals surface area (Å²) in [6.45, 7) is 1.13. The Kier molecular flexibility index (Phi) is 5.96. The normalized spacial score (nSPS) is 13.8. The molecule has 2 aromatic carbocycles. The fraction of sp³-hybridized carbons (Fsp3) is 0.333. The van der Waals surface area contributed by atoms with Crippen molar-refractivity contribution in [3.05, 3.63) is 59.2 Å². The Balaban J connectivity index is 1.71. The number of anilines is 1. The number of hydrogen-bond donors (Lipinski definition) is 1. The van der Waals surface area contributed by atoms with Crippen LogP contribution < -0.4 is 5.32 Å². The molecular formula is C21H24N2O4S. The molecule has 0 fully saturated rings. The molecule has 1 aliphatic carbocycles. The molecule has 28 heavy (non-hydrogen) atoms. The highest BCUT2D eigenvalue weighted by Crippen LogP contribution is 2.28. The fourth-order valence-electron chi connectivity index (χ4n) is 3.42. The van der Waals surface area contributed by atoms with Crippen LogP contribution in [0.3, 0.4) is 0 Å². The number of carbonyl (C=O) groups excluding carboxylic acids is 2. The zero-order valence-electron chi connectivity index (χ0n) is 16.1. The van der Waals surface area contributed by atoms with Crippen molar-refractivity contribution in [2.24, 2.45) is 0 Å². The number of ketones is 1. The van der Waals surface area contributed by atoms with Crippen molar-refractivity contribution in [3.8, 4) is 0 Å². The van der Waals surface area contributed by atoms with E-state index in [9.17, 15) is 18.0 Å². The Hall–Kier alpha value is -2.51. The average molecular weight is 401 g/mol. The van der Waals surface area contributed by atoms with E-state index in [0.29, 0.717) is 5.56 Å². The van der Waals surface area contributed by atoms with Crippen LogP contribution in [0.15, 0.2) is 47.4 Å². The first kappa shape index (κ1) is 20.2. The summed E-state index contributed by atoms with van der Waals surface area (Å²) in [6, 6.07) is 11.6. The molecule has 0 aliphatic heterocycles. The van der Waals surface area contributed by atoms with Crippen LogP contribution in [0.25, 0.3) is 0 Å². The number of nitrogens with zero attached hydrogens (tertiary/aromatic N) is 1. The molecule has 2 aromatic rings. The Morgan fingerprint density at radius 1 is 1.04 bits per heavy atom. The van der Waals surface area contributed by atoms with E-state index in [1.165, 1.54) is 43.8 Å². The van der Waals surface area contributed by atoms with Gasteiger partial charge in [-0.15, -0.1) is 0 Å². The summed E-state index contributed by atoms with van der Waals surface area (Å²) < 4.78 is 26.4. The maximum absolute atomic E-state index is 12.7. The van der Waals surface area contributed by atoms with Gasteiger partial charge in [-0.2, -0.15) is 4.31 Å². The third kappa shape index (κ3) is 4.31. The van der Waals surface area contributed by atoms with Gasteiger partial charge in [-0.05, 0) is 61.9 Å². The first-order chi connectivity index (χ1) is 13.3. The number of rotatable bonds is 6. The predicted octanol–water partition coefficient (Wildman–Crippen LogP) is 3.03. The number of aryl methyl sites for hydroxylation is 1. The van der Waals surface area contributed by atoms with Crippen LogP contribution in [-0.2, 0) is 27.7 Å². The summed E-state index contributed by atoms with van der Waals surface area (Å²) >= 11 is 0. The maximum atomic E-state index is 12.7. The molecule has 1 N–H and O–H groups in total. The smallest absolute Gasteiger partial charge is 0.243 e. The van der Waals surface area contributed by atoms with Gasteiger partial charge >= 0.3 is 0 Å². The summed E-state index contributed by atoms with van der Waals surface area (Å²) in [4.78, 5) is 23.9. The van der Waals surface area contributed by atoms with Crippen molar-refractivity contribution in [1.82, 2.24) is 4.31 Å². The summed E-state index contributed by atoms with van der Waals surface area (Å²) in [6.07, 6.45) is 4.16. The van der Waals surface area contributed by atoms with Gasteiger partial charge in [0.1, 0.15) is 0 Å². The highest BCUT2D eigenvalue weighted by atomic mass is 32.2. The van der Waals surface area contributed by atoms with Gasteiger partial charge in [0.2, 0.25) is 15.9 Å². The van der Waals surface area contributed by atoms with E-state index in [-0.39, 0.29) is 23.1 Å². The van der Waals surface area contributed by atoms with Crippen LogP contribution in [0.1, 0.15) is 41.3 Å². The highest BCUT2D eigenvalue weighted by molar-refractivity contribution is 7.89. The Morgan fingerprint density at radius 3 is 2.39 bits per heavy atom. The average Bonchev–Trinajstić information content (AvgIpc) is 2.68. The standard InChI is InChI=1S/C21H24N2O4S/c1-15(24)16-10-12-18(13-11-16)28(26,27)23(2)14-21(25)22-20-9-5-7-17-6-3-4-8-19(17)20/h5,7,9-13H,3-4,6,8,14H2,1-2H3,(H,22,25). The lowest BCUT2D eigenvalue weighted by atomic mass is 9.90. The SMILES string of the molecule is CC(=O)c1ccc(S(=O)(=O)N(C)CC(=O)Nc2cccc3c2CCCC3)cc1. The molecule has 1 amide bonds. The summed E-state index contributed by atoms with van der Waals surface area (Å²) in [7, 11) is -2.46. The second kappa shape index (κ2) is 8.24. The number of amides is 1. The summed E-state index contributed by atoms with van der Waals surface area (Å²) in [5, 5.41) is 2.86. The first-order valence-corrected chi connectivity index (χ1v) is 10.7. The molecule has 0 saturated carbocycles. The molecule has 7 heteroatoms. The number of sulfonamides is 1. The zero-order chi connectivity index (χ0) is 20.3. The number of fused-ring (bicyclic) bond motifs is 1. The van der Waals surface area contributed by atoms with Gasteiger partial charge in [0.15, 0.2) is 5.78 Å². The lowest BCUT2D eigenvalue weighted by Gasteiger charge is -2.21. The van der Waals surface area contributed by atoms with Crippen LogP contribution >= 0.6 is 0 Å². The molecule has 0 heterocycles. The molecule has 0 unspecified atom stereocenters. The number of nitrogens with one attached hydrogen (secondary N) is 1. The van der Waals surface area contributed by atoms with E-state index in [1.54, 1.807) is 0 Å². The highest BCUT2D eigenvalue weighted by Gasteiger charge is 2.24. The van der Waals surface area contributed by atoms with Gasteiger partial charge in [0.25, 0.3) is 0 Å². The minimum Gasteiger partial charge on any atom is -0.325 e. The van der Waals surface area contributed by atoms with E-state index in [0.717, 1.165) is 41.2 Å². The molecular weight excluding hydrogens is 376 g/mol. The van der Waals surface area contributed by atoms with Gasteiger partial charge < -0.3 is 5.32 Å². The summed E-state index contributed by atoms with van der Waals surface area (Å²) in [5.74, 6) is -0.520. The van der Waals surface area contributed by atoms with E-state index >= 15 is 0 Å². The topological polar surface area (TPSA) is 83.6 Å². The minimum atomic E-state index is -3.82. The van der Waals surface area contributed by atoms with Gasteiger partial charge in [-0.25, -0.2) is 8.42 Å². The molecule has 1 aliphatic rings. The van der Waals surface area contributed by atoms with Crippen molar-refractivity contribution >= 4 is 27.4 Å². The largest absolute Gasteiger partial charge is 0.325 e. The fourth-order valence-corrected chi connectivity index (χ4v) is 4.54. The van der Waals surface area contributed by atoms with Crippen LogP contribution in [0.5, 0.6) is 0 Å². The number of Topliss-reactive ketones (excluding diaryl/α,β-unsaturated/α-hetero) is 1. The minimum absolute atomic E-state index is 0.0462. The van der Waals surface area contributed by atoms with Gasteiger partial charge in [-0.1, -0.05) is 24.3 Å². The molecule has 0 spiro atoms. The van der Waals surface area contributed by atoms with Crippen LogP contribution in [0.4, 0.5) is 5.69 Å². The second-order valence-corrected chi connectivity index (χ2v) is 9.09. The molecule has 6 nitrogen and oxygen atoms in total.